The van der Waals surface area contributed by atoms with Crippen LogP contribution in [0.4, 0.5) is 0 Å². The third-order valence-corrected chi connectivity index (χ3v) is 6.47. The standard InChI is InChI=1S/C15H21NS/c1-2-8-16(7-1)15(14-4-3-9-17-14)11-12-5-6-13(15)10-12/h3-4,9,12-13H,1-2,5-8,10-11H2. The lowest BCUT2D eigenvalue weighted by atomic mass is 9.78. The van der Waals surface area contributed by atoms with Crippen LogP contribution in [0.25, 0.3) is 0 Å². The molecule has 1 aliphatic heterocycles. The summed E-state index contributed by atoms with van der Waals surface area (Å²) in [5, 5.41) is 2.28. The molecule has 0 aromatic carbocycles. The quantitative estimate of drug-likeness (QED) is 0.767. The lowest BCUT2D eigenvalue weighted by molar-refractivity contribution is 0.0563. The highest BCUT2D eigenvalue weighted by atomic mass is 32.1. The number of hydrogen-bond donors (Lipinski definition) is 0. The van der Waals surface area contributed by atoms with Crippen molar-refractivity contribution in [3.63, 3.8) is 0 Å². The molecule has 4 rings (SSSR count). The summed E-state index contributed by atoms with van der Waals surface area (Å²) >= 11 is 2.00. The predicted octanol–water partition coefficient (Wildman–Crippen LogP) is 3.86. The lowest BCUT2D eigenvalue weighted by Crippen LogP contribution is -2.47. The molecule has 92 valence electrons. The molecule has 0 spiro atoms. The van der Waals surface area contributed by atoms with Gasteiger partial charge in [-0.25, -0.2) is 0 Å². The van der Waals surface area contributed by atoms with E-state index in [-0.39, 0.29) is 0 Å². The summed E-state index contributed by atoms with van der Waals surface area (Å²) in [5.74, 6) is 1.99. The molecule has 2 aliphatic carbocycles. The van der Waals surface area contributed by atoms with E-state index < -0.39 is 0 Å². The largest absolute Gasteiger partial charge is 0.293 e. The van der Waals surface area contributed by atoms with Gasteiger partial charge in [-0.1, -0.05) is 12.5 Å². The van der Waals surface area contributed by atoms with Crippen molar-refractivity contribution in [2.24, 2.45) is 11.8 Å². The Morgan fingerprint density at radius 2 is 2.12 bits per heavy atom. The molecule has 17 heavy (non-hydrogen) atoms. The van der Waals surface area contributed by atoms with E-state index in [9.17, 15) is 0 Å². The molecule has 1 aromatic heterocycles. The fraction of sp³-hybridized carbons (Fsp3) is 0.733. The highest BCUT2D eigenvalue weighted by Crippen LogP contribution is 2.59. The minimum absolute atomic E-state index is 0.466. The fourth-order valence-electron chi connectivity index (χ4n) is 4.79. The van der Waals surface area contributed by atoms with Gasteiger partial charge in [0.25, 0.3) is 0 Å². The maximum Gasteiger partial charge on any atom is 0.0584 e. The van der Waals surface area contributed by atoms with E-state index in [1.54, 1.807) is 4.88 Å². The van der Waals surface area contributed by atoms with Crippen molar-refractivity contribution in [1.82, 2.24) is 4.90 Å². The molecule has 1 saturated heterocycles. The van der Waals surface area contributed by atoms with Crippen LogP contribution in [0.15, 0.2) is 17.5 Å². The van der Waals surface area contributed by atoms with E-state index >= 15 is 0 Å². The molecule has 0 N–H and O–H groups in total. The topological polar surface area (TPSA) is 3.24 Å². The molecule has 3 aliphatic rings. The third kappa shape index (κ3) is 1.40. The van der Waals surface area contributed by atoms with E-state index in [1.807, 2.05) is 11.3 Å². The minimum Gasteiger partial charge on any atom is -0.293 e. The summed E-state index contributed by atoms with van der Waals surface area (Å²) in [7, 11) is 0. The van der Waals surface area contributed by atoms with E-state index in [2.05, 4.69) is 22.4 Å². The zero-order chi connectivity index (χ0) is 11.3. The van der Waals surface area contributed by atoms with Crippen LogP contribution in [-0.2, 0) is 5.54 Å². The molecule has 3 atom stereocenters. The molecule has 2 heterocycles. The predicted molar refractivity (Wildman–Crippen MR) is 72.3 cm³/mol. The van der Waals surface area contributed by atoms with Crippen LogP contribution in [0.3, 0.4) is 0 Å². The smallest absolute Gasteiger partial charge is 0.0584 e. The van der Waals surface area contributed by atoms with Crippen molar-refractivity contribution >= 4 is 11.3 Å². The SMILES string of the molecule is c1csc(C2(N3CCCC3)CC3CCC2C3)c1. The van der Waals surface area contributed by atoms with Crippen LogP contribution in [0.5, 0.6) is 0 Å². The first-order valence-electron chi connectivity index (χ1n) is 7.18. The summed E-state index contributed by atoms with van der Waals surface area (Å²) in [6.07, 6.45) is 8.80. The Labute approximate surface area is 108 Å². The summed E-state index contributed by atoms with van der Waals surface area (Å²) < 4.78 is 0. The molecule has 0 amide bonds. The van der Waals surface area contributed by atoms with Gasteiger partial charge in [-0.2, -0.15) is 0 Å². The summed E-state index contributed by atoms with van der Waals surface area (Å²) in [5.41, 5.74) is 0.466. The second-order valence-corrected chi connectivity index (χ2v) is 7.12. The highest BCUT2D eigenvalue weighted by Gasteiger charge is 2.55. The zero-order valence-corrected chi connectivity index (χ0v) is 11.2. The van der Waals surface area contributed by atoms with Gasteiger partial charge in [0.05, 0.1) is 5.54 Å². The van der Waals surface area contributed by atoms with Crippen LogP contribution >= 0.6 is 11.3 Å². The van der Waals surface area contributed by atoms with Gasteiger partial charge < -0.3 is 0 Å². The third-order valence-electron chi connectivity index (χ3n) is 5.43. The van der Waals surface area contributed by atoms with Gasteiger partial charge >= 0.3 is 0 Å². The maximum absolute atomic E-state index is 2.85. The van der Waals surface area contributed by atoms with E-state index in [0.717, 1.165) is 11.8 Å². The summed E-state index contributed by atoms with van der Waals surface area (Å²) in [4.78, 5) is 4.52. The van der Waals surface area contributed by atoms with E-state index in [4.69, 9.17) is 0 Å². The second-order valence-electron chi connectivity index (χ2n) is 6.18. The van der Waals surface area contributed by atoms with Crippen LogP contribution < -0.4 is 0 Å². The first-order chi connectivity index (χ1) is 8.39. The molecule has 3 unspecified atom stereocenters. The van der Waals surface area contributed by atoms with Crippen LogP contribution in [0.2, 0.25) is 0 Å². The molecule has 0 radical (unpaired) electrons. The van der Waals surface area contributed by atoms with Crippen molar-refractivity contribution in [3.8, 4) is 0 Å². The normalized spacial score (nSPS) is 41.4. The molecule has 3 fully saturated rings. The number of likely N-dealkylation sites (tertiary alicyclic amines) is 1. The van der Waals surface area contributed by atoms with Crippen LogP contribution in [-0.4, -0.2) is 18.0 Å². The number of fused-ring (bicyclic) bond motifs is 2. The second kappa shape index (κ2) is 3.83. The molecular formula is C15H21NS. The van der Waals surface area contributed by atoms with Gasteiger partial charge in [0.2, 0.25) is 0 Å². The monoisotopic (exact) mass is 247 g/mol. The van der Waals surface area contributed by atoms with Gasteiger partial charge in [0.1, 0.15) is 0 Å². The molecular weight excluding hydrogens is 226 g/mol. The van der Waals surface area contributed by atoms with Crippen molar-refractivity contribution < 1.29 is 0 Å². The Bertz CT molecular complexity index is 393. The fourth-order valence-corrected chi connectivity index (χ4v) is 5.83. The Morgan fingerprint density at radius 1 is 1.24 bits per heavy atom. The van der Waals surface area contributed by atoms with E-state index in [1.165, 1.54) is 51.6 Å². The number of nitrogens with zero attached hydrogens (tertiary/aromatic N) is 1. The van der Waals surface area contributed by atoms with Gasteiger partial charge in [0.15, 0.2) is 0 Å². The average molecular weight is 247 g/mol. The summed E-state index contributed by atoms with van der Waals surface area (Å²) in [6, 6.07) is 4.66. The number of hydrogen-bond acceptors (Lipinski definition) is 2. The van der Waals surface area contributed by atoms with Crippen LogP contribution in [0.1, 0.15) is 43.4 Å². The molecule has 2 saturated carbocycles. The van der Waals surface area contributed by atoms with Crippen molar-refractivity contribution in [3.05, 3.63) is 22.4 Å². The average Bonchev–Trinajstić information content (AvgIpc) is 3.12. The Balaban J connectivity index is 1.77. The number of thiophene rings is 1. The van der Waals surface area contributed by atoms with Gasteiger partial charge in [0, 0.05) is 4.88 Å². The first-order valence-corrected chi connectivity index (χ1v) is 8.06. The van der Waals surface area contributed by atoms with E-state index in [0.29, 0.717) is 5.54 Å². The van der Waals surface area contributed by atoms with Gasteiger partial charge in [-0.3, -0.25) is 4.90 Å². The molecule has 1 aromatic rings. The van der Waals surface area contributed by atoms with Gasteiger partial charge in [-0.05, 0) is 68.5 Å². The molecule has 2 bridgehead atoms. The Hall–Kier alpha value is -0.340. The Kier molecular flexibility index (Phi) is 2.38. The number of rotatable bonds is 2. The lowest BCUT2D eigenvalue weighted by Gasteiger charge is -2.45. The minimum atomic E-state index is 0.466. The van der Waals surface area contributed by atoms with Gasteiger partial charge in [-0.15, -0.1) is 11.3 Å². The molecule has 2 heteroatoms. The highest BCUT2D eigenvalue weighted by molar-refractivity contribution is 7.10. The zero-order valence-electron chi connectivity index (χ0n) is 10.4. The molecule has 1 nitrogen and oxygen atoms in total. The Morgan fingerprint density at radius 3 is 2.71 bits per heavy atom. The summed E-state index contributed by atoms with van der Waals surface area (Å²) in [6.45, 7) is 2.70. The van der Waals surface area contributed by atoms with Crippen molar-refractivity contribution in [2.45, 2.75) is 44.1 Å². The first kappa shape index (κ1) is 10.6. The van der Waals surface area contributed by atoms with Crippen molar-refractivity contribution in [2.75, 3.05) is 13.1 Å². The van der Waals surface area contributed by atoms with Crippen molar-refractivity contribution in [1.29, 1.82) is 0 Å². The maximum atomic E-state index is 2.85. The van der Waals surface area contributed by atoms with Crippen LogP contribution in [0, 0.1) is 11.8 Å².